The minimum atomic E-state index is -0.528. The Morgan fingerprint density at radius 3 is 2.43 bits per heavy atom. The van der Waals surface area contributed by atoms with Crippen LogP contribution < -0.4 is 4.74 Å². The molecular weight excluding hydrogens is 402 g/mol. The lowest BCUT2D eigenvalue weighted by atomic mass is 10.1. The number of pyridine rings is 1. The summed E-state index contributed by atoms with van der Waals surface area (Å²) in [6.45, 7) is 0.587. The van der Waals surface area contributed by atoms with Crippen molar-refractivity contribution in [3.05, 3.63) is 93.5 Å². The van der Waals surface area contributed by atoms with E-state index < -0.39 is 5.82 Å². The Morgan fingerprint density at radius 2 is 1.79 bits per heavy atom. The molecule has 3 rings (SSSR count). The molecule has 0 radical (unpaired) electrons. The number of halogens is 3. The molecule has 0 spiro atoms. The van der Waals surface area contributed by atoms with Crippen LogP contribution in [0.1, 0.15) is 21.5 Å². The second-order valence-corrected chi connectivity index (χ2v) is 7.02. The zero-order valence-corrected chi connectivity index (χ0v) is 16.5. The van der Waals surface area contributed by atoms with E-state index in [1.54, 1.807) is 41.6 Å². The van der Waals surface area contributed by atoms with Crippen molar-refractivity contribution >= 4 is 29.1 Å². The van der Waals surface area contributed by atoms with Crippen molar-refractivity contribution in [2.45, 2.75) is 13.1 Å². The summed E-state index contributed by atoms with van der Waals surface area (Å²) in [7, 11) is 1.36. The fraction of sp³-hybridized carbons (Fsp3) is 0.143. The number of carbonyl (C=O) groups excluding carboxylic acids is 1. The summed E-state index contributed by atoms with van der Waals surface area (Å²) in [5.74, 6) is -0.796. The maximum atomic E-state index is 13.7. The Labute approximate surface area is 172 Å². The molecule has 0 unspecified atom stereocenters. The van der Waals surface area contributed by atoms with Crippen molar-refractivity contribution in [1.82, 2.24) is 9.88 Å². The van der Waals surface area contributed by atoms with Gasteiger partial charge in [0.25, 0.3) is 5.91 Å². The molecule has 4 nitrogen and oxygen atoms in total. The van der Waals surface area contributed by atoms with Gasteiger partial charge in [0.2, 0.25) is 0 Å². The van der Waals surface area contributed by atoms with E-state index in [9.17, 15) is 9.18 Å². The number of rotatable bonds is 6. The van der Waals surface area contributed by atoms with Gasteiger partial charge in [-0.1, -0.05) is 29.3 Å². The lowest BCUT2D eigenvalue weighted by Crippen LogP contribution is -2.30. The van der Waals surface area contributed by atoms with Gasteiger partial charge in [-0.3, -0.25) is 9.78 Å². The van der Waals surface area contributed by atoms with Gasteiger partial charge in [-0.15, -0.1) is 0 Å². The second-order valence-electron chi connectivity index (χ2n) is 6.15. The molecule has 2 aromatic carbocycles. The van der Waals surface area contributed by atoms with Gasteiger partial charge >= 0.3 is 0 Å². The van der Waals surface area contributed by atoms with E-state index in [-0.39, 0.29) is 18.2 Å². The number of ether oxygens (including phenoxy) is 1. The molecule has 1 aromatic heterocycles. The Bertz CT molecular complexity index is 963. The Morgan fingerprint density at radius 1 is 1.07 bits per heavy atom. The monoisotopic (exact) mass is 418 g/mol. The molecule has 1 amide bonds. The summed E-state index contributed by atoms with van der Waals surface area (Å²) in [4.78, 5) is 18.9. The smallest absolute Gasteiger partial charge is 0.254 e. The van der Waals surface area contributed by atoms with Crippen molar-refractivity contribution in [1.29, 1.82) is 0 Å². The fourth-order valence-electron chi connectivity index (χ4n) is 2.81. The predicted octanol–water partition coefficient (Wildman–Crippen LogP) is 5.38. The number of hydrogen-bond acceptors (Lipinski definition) is 3. The lowest BCUT2D eigenvalue weighted by molar-refractivity contribution is 0.0729. The maximum absolute atomic E-state index is 13.7. The van der Waals surface area contributed by atoms with Crippen molar-refractivity contribution in [2.24, 2.45) is 0 Å². The van der Waals surface area contributed by atoms with Crippen LogP contribution in [0.5, 0.6) is 5.75 Å². The molecule has 7 heteroatoms. The molecule has 0 atom stereocenters. The third-order valence-corrected chi connectivity index (χ3v) is 4.51. The number of nitrogens with zero attached hydrogens (tertiary/aromatic N) is 2. The van der Waals surface area contributed by atoms with Gasteiger partial charge in [0.1, 0.15) is 0 Å². The zero-order chi connectivity index (χ0) is 20.1. The Kier molecular flexibility index (Phi) is 6.49. The third-order valence-electron chi connectivity index (χ3n) is 4.08. The van der Waals surface area contributed by atoms with Gasteiger partial charge in [0.05, 0.1) is 7.11 Å². The summed E-state index contributed by atoms with van der Waals surface area (Å²) in [5.41, 5.74) is 1.96. The molecule has 1 heterocycles. The highest BCUT2D eigenvalue weighted by Gasteiger charge is 2.19. The zero-order valence-electron chi connectivity index (χ0n) is 15.0. The standard InChI is InChI=1S/C21H17Cl2FN2O2/c1-28-20-9-16(4-5-19(20)24)21(27)26(12-14-3-2-6-25-11-14)13-15-7-17(22)10-18(23)8-15/h2-11H,12-13H2,1H3. The lowest BCUT2D eigenvalue weighted by Gasteiger charge is -2.23. The molecule has 0 aliphatic heterocycles. The quantitative estimate of drug-likeness (QED) is 0.539. The van der Waals surface area contributed by atoms with Crippen molar-refractivity contribution in [3.63, 3.8) is 0 Å². The topological polar surface area (TPSA) is 42.4 Å². The van der Waals surface area contributed by atoms with E-state index in [0.717, 1.165) is 11.1 Å². The number of amides is 1. The van der Waals surface area contributed by atoms with Crippen LogP contribution in [0.3, 0.4) is 0 Å². The molecule has 28 heavy (non-hydrogen) atoms. The SMILES string of the molecule is COc1cc(C(=O)N(Cc2cccnc2)Cc2cc(Cl)cc(Cl)c2)ccc1F. The van der Waals surface area contributed by atoms with Gasteiger partial charge in [-0.25, -0.2) is 4.39 Å². The first kappa shape index (κ1) is 20.1. The van der Waals surface area contributed by atoms with Crippen LogP contribution >= 0.6 is 23.2 Å². The first-order valence-corrected chi connectivity index (χ1v) is 9.18. The number of aromatic nitrogens is 1. The van der Waals surface area contributed by atoms with Crippen LogP contribution in [-0.4, -0.2) is 22.9 Å². The summed E-state index contributed by atoms with van der Waals surface area (Å²) in [6.07, 6.45) is 3.35. The second kappa shape index (κ2) is 9.04. The van der Waals surface area contributed by atoms with Crippen LogP contribution in [-0.2, 0) is 13.1 Å². The number of carbonyl (C=O) groups is 1. The Balaban J connectivity index is 1.93. The Hall–Kier alpha value is -2.63. The number of hydrogen-bond donors (Lipinski definition) is 0. The number of methoxy groups -OCH3 is 1. The minimum absolute atomic E-state index is 0.0120. The van der Waals surface area contributed by atoms with Crippen molar-refractivity contribution in [2.75, 3.05) is 7.11 Å². The molecular formula is C21H17Cl2FN2O2. The molecule has 3 aromatic rings. The normalized spacial score (nSPS) is 10.6. The van der Waals surface area contributed by atoms with Crippen LogP contribution in [0.25, 0.3) is 0 Å². The predicted molar refractivity (Wildman–Crippen MR) is 107 cm³/mol. The van der Waals surface area contributed by atoms with E-state index in [0.29, 0.717) is 22.2 Å². The summed E-state index contributed by atoms with van der Waals surface area (Å²) >= 11 is 12.2. The van der Waals surface area contributed by atoms with Gasteiger partial charge in [0, 0.05) is 41.1 Å². The maximum Gasteiger partial charge on any atom is 0.254 e. The van der Waals surface area contributed by atoms with Crippen LogP contribution in [0, 0.1) is 5.82 Å². The molecule has 0 bridgehead atoms. The molecule has 144 valence electrons. The highest BCUT2D eigenvalue weighted by atomic mass is 35.5. The molecule has 0 N–H and O–H groups in total. The van der Waals surface area contributed by atoms with Crippen LogP contribution in [0.4, 0.5) is 4.39 Å². The summed E-state index contributed by atoms with van der Waals surface area (Å²) in [5, 5.41) is 0.972. The first-order valence-electron chi connectivity index (χ1n) is 8.43. The number of benzene rings is 2. The van der Waals surface area contributed by atoms with E-state index in [4.69, 9.17) is 27.9 Å². The largest absolute Gasteiger partial charge is 0.494 e. The highest BCUT2D eigenvalue weighted by molar-refractivity contribution is 6.34. The third kappa shape index (κ3) is 5.00. The van der Waals surface area contributed by atoms with E-state index in [2.05, 4.69) is 4.98 Å². The summed E-state index contributed by atoms with van der Waals surface area (Å²) in [6, 6.07) is 12.8. The average Bonchev–Trinajstić information content (AvgIpc) is 2.67. The molecule has 0 saturated carbocycles. The van der Waals surface area contributed by atoms with E-state index >= 15 is 0 Å². The van der Waals surface area contributed by atoms with Crippen LogP contribution in [0.2, 0.25) is 10.0 Å². The molecule has 0 aliphatic rings. The van der Waals surface area contributed by atoms with Crippen molar-refractivity contribution < 1.29 is 13.9 Å². The minimum Gasteiger partial charge on any atom is -0.494 e. The van der Waals surface area contributed by atoms with Crippen molar-refractivity contribution in [3.8, 4) is 5.75 Å². The van der Waals surface area contributed by atoms with Gasteiger partial charge in [0.15, 0.2) is 11.6 Å². The average molecular weight is 419 g/mol. The summed E-state index contributed by atoms with van der Waals surface area (Å²) < 4.78 is 18.7. The molecule has 0 aliphatic carbocycles. The van der Waals surface area contributed by atoms with E-state index in [1.807, 2.05) is 6.07 Å². The molecule has 0 fully saturated rings. The molecule has 0 saturated heterocycles. The van der Waals surface area contributed by atoms with Gasteiger partial charge in [-0.05, 0) is 53.6 Å². The highest BCUT2D eigenvalue weighted by Crippen LogP contribution is 2.23. The van der Waals surface area contributed by atoms with Gasteiger partial charge in [-0.2, -0.15) is 0 Å². The van der Waals surface area contributed by atoms with E-state index in [1.165, 1.54) is 25.3 Å². The fourth-order valence-corrected chi connectivity index (χ4v) is 3.38. The van der Waals surface area contributed by atoms with Gasteiger partial charge < -0.3 is 9.64 Å². The van der Waals surface area contributed by atoms with Crippen LogP contribution in [0.15, 0.2) is 60.9 Å². The first-order chi connectivity index (χ1) is 13.5.